The van der Waals surface area contributed by atoms with E-state index in [1.54, 1.807) is 30.3 Å². The molecule has 0 aliphatic carbocycles. The highest BCUT2D eigenvalue weighted by molar-refractivity contribution is 9.10. The molecule has 106 valence electrons. The molecule has 1 heterocycles. The van der Waals surface area contributed by atoms with Crippen molar-refractivity contribution in [2.24, 2.45) is 0 Å². The molecule has 0 saturated heterocycles. The summed E-state index contributed by atoms with van der Waals surface area (Å²) in [7, 11) is 0. The maximum atomic E-state index is 6.20. The zero-order valence-corrected chi connectivity index (χ0v) is 13.6. The first-order chi connectivity index (χ1) is 10.0. The third-order valence-electron chi connectivity index (χ3n) is 2.78. The fourth-order valence-electron chi connectivity index (χ4n) is 1.92. The average Bonchev–Trinajstić information content (AvgIpc) is 2.89. The number of hydrogen-bond acceptors (Lipinski definition) is 4. The van der Waals surface area contributed by atoms with E-state index in [2.05, 4.69) is 31.5 Å². The molecule has 2 aromatic carbocycles. The lowest BCUT2D eigenvalue weighted by Gasteiger charge is -2.08. The summed E-state index contributed by atoms with van der Waals surface area (Å²) < 4.78 is 2.36. The minimum atomic E-state index is 0.496. The van der Waals surface area contributed by atoms with Gasteiger partial charge in [0.2, 0.25) is 0 Å². The second kappa shape index (κ2) is 5.63. The lowest BCUT2D eigenvalue weighted by molar-refractivity contribution is 0.791. The SMILES string of the molecule is Nc1cc(Br)cc(-c2nnnn2-c2cc(Cl)ccc2Cl)c1. The number of nitrogens with zero attached hydrogens (tertiary/aromatic N) is 4. The van der Waals surface area contributed by atoms with E-state index in [-0.39, 0.29) is 0 Å². The Morgan fingerprint density at radius 2 is 1.90 bits per heavy atom. The first-order valence-corrected chi connectivity index (χ1v) is 7.40. The molecule has 5 nitrogen and oxygen atoms in total. The fraction of sp³-hybridized carbons (Fsp3) is 0. The lowest BCUT2D eigenvalue weighted by Crippen LogP contribution is -2.01. The van der Waals surface area contributed by atoms with Crippen LogP contribution >= 0.6 is 39.1 Å². The Kier molecular flexibility index (Phi) is 3.84. The molecule has 0 spiro atoms. The Morgan fingerprint density at radius 1 is 1.10 bits per heavy atom. The van der Waals surface area contributed by atoms with Crippen LogP contribution in [0, 0.1) is 0 Å². The van der Waals surface area contributed by atoms with Crippen molar-refractivity contribution in [3.63, 3.8) is 0 Å². The average molecular weight is 385 g/mol. The highest BCUT2D eigenvalue weighted by Crippen LogP contribution is 2.29. The van der Waals surface area contributed by atoms with E-state index in [1.165, 1.54) is 4.68 Å². The molecule has 2 N–H and O–H groups in total. The molecule has 3 aromatic rings. The van der Waals surface area contributed by atoms with E-state index in [9.17, 15) is 0 Å². The summed E-state index contributed by atoms with van der Waals surface area (Å²) in [6.45, 7) is 0. The number of nitrogen functional groups attached to an aromatic ring is 1. The van der Waals surface area contributed by atoms with Gasteiger partial charge in [0.05, 0.1) is 10.7 Å². The third-order valence-corrected chi connectivity index (χ3v) is 3.80. The summed E-state index contributed by atoms with van der Waals surface area (Å²) in [6.07, 6.45) is 0. The van der Waals surface area contributed by atoms with Gasteiger partial charge in [-0.2, -0.15) is 4.68 Å². The van der Waals surface area contributed by atoms with Crippen LogP contribution in [0.2, 0.25) is 10.0 Å². The number of rotatable bonds is 2. The molecule has 0 aliphatic rings. The summed E-state index contributed by atoms with van der Waals surface area (Å²) in [5, 5.41) is 12.8. The largest absolute Gasteiger partial charge is 0.399 e. The van der Waals surface area contributed by atoms with E-state index in [4.69, 9.17) is 28.9 Å². The van der Waals surface area contributed by atoms with Crippen molar-refractivity contribution in [1.82, 2.24) is 20.2 Å². The number of aromatic nitrogens is 4. The van der Waals surface area contributed by atoms with Crippen LogP contribution in [-0.2, 0) is 0 Å². The predicted molar refractivity (Wildman–Crippen MR) is 86.7 cm³/mol. The number of nitrogens with two attached hydrogens (primary N) is 1. The zero-order valence-electron chi connectivity index (χ0n) is 10.5. The third kappa shape index (κ3) is 2.88. The number of hydrogen-bond donors (Lipinski definition) is 1. The van der Waals surface area contributed by atoms with Gasteiger partial charge >= 0.3 is 0 Å². The van der Waals surface area contributed by atoms with E-state index < -0.39 is 0 Å². The topological polar surface area (TPSA) is 69.6 Å². The molecule has 1 aromatic heterocycles. The Morgan fingerprint density at radius 3 is 2.67 bits per heavy atom. The summed E-state index contributed by atoms with van der Waals surface area (Å²) >= 11 is 15.6. The monoisotopic (exact) mass is 383 g/mol. The molecule has 0 radical (unpaired) electrons. The van der Waals surface area contributed by atoms with Crippen LogP contribution in [0.5, 0.6) is 0 Å². The van der Waals surface area contributed by atoms with Crippen LogP contribution < -0.4 is 5.73 Å². The van der Waals surface area contributed by atoms with Gasteiger partial charge in [-0.25, -0.2) is 0 Å². The minimum Gasteiger partial charge on any atom is -0.399 e. The summed E-state index contributed by atoms with van der Waals surface area (Å²) in [6, 6.07) is 10.5. The van der Waals surface area contributed by atoms with Crippen molar-refractivity contribution >= 4 is 44.8 Å². The van der Waals surface area contributed by atoms with Crippen LogP contribution in [0.1, 0.15) is 0 Å². The highest BCUT2D eigenvalue weighted by Gasteiger charge is 2.14. The van der Waals surface area contributed by atoms with E-state index in [0.29, 0.717) is 27.2 Å². The summed E-state index contributed by atoms with van der Waals surface area (Å²) in [4.78, 5) is 0. The summed E-state index contributed by atoms with van der Waals surface area (Å²) in [5.41, 5.74) is 7.82. The van der Waals surface area contributed by atoms with Gasteiger partial charge in [-0.3, -0.25) is 0 Å². The number of benzene rings is 2. The maximum Gasteiger partial charge on any atom is 0.187 e. The second-order valence-corrected chi connectivity index (χ2v) is 6.04. The van der Waals surface area contributed by atoms with Crippen molar-refractivity contribution in [2.75, 3.05) is 5.73 Å². The molecule has 3 rings (SSSR count). The van der Waals surface area contributed by atoms with Crippen LogP contribution in [0.4, 0.5) is 5.69 Å². The van der Waals surface area contributed by atoms with Gasteiger partial charge in [0.1, 0.15) is 0 Å². The number of tetrazole rings is 1. The quantitative estimate of drug-likeness (QED) is 0.678. The standard InChI is InChI=1S/C13H8BrCl2N5/c14-8-3-7(4-10(17)5-8)13-18-19-20-21(13)12-6-9(15)1-2-11(12)16/h1-6H,17H2. The van der Waals surface area contributed by atoms with Crippen molar-refractivity contribution in [1.29, 1.82) is 0 Å². The van der Waals surface area contributed by atoms with Gasteiger partial charge in [0.25, 0.3) is 0 Å². The highest BCUT2D eigenvalue weighted by atomic mass is 79.9. The number of halogens is 3. The van der Waals surface area contributed by atoms with Gasteiger partial charge in [0, 0.05) is 20.7 Å². The van der Waals surface area contributed by atoms with Gasteiger partial charge < -0.3 is 5.73 Å². The zero-order chi connectivity index (χ0) is 15.0. The van der Waals surface area contributed by atoms with Gasteiger partial charge in [0.15, 0.2) is 5.82 Å². The van der Waals surface area contributed by atoms with E-state index in [0.717, 1.165) is 10.0 Å². The molecule has 0 aliphatic heterocycles. The van der Waals surface area contributed by atoms with Crippen LogP contribution in [0.25, 0.3) is 17.1 Å². The van der Waals surface area contributed by atoms with Crippen molar-refractivity contribution in [2.45, 2.75) is 0 Å². The molecule has 0 bridgehead atoms. The Balaban J connectivity index is 2.19. The smallest absolute Gasteiger partial charge is 0.187 e. The fourth-order valence-corrected chi connectivity index (χ4v) is 2.79. The molecule has 8 heteroatoms. The normalized spacial score (nSPS) is 10.8. The number of anilines is 1. The van der Waals surface area contributed by atoms with Crippen molar-refractivity contribution in [3.05, 3.63) is 50.9 Å². The molecular formula is C13H8BrCl2N5. The Hall–Kier alpha value is -1.63. The van der Waals surface area contributed by atoms with Crippen LogP contribution in [0.15, 0.2) is 40.9 Å². The van der Waals surface area contributed by atoms with E-state index >= 15 is 0 Å². The molecule has 0 unspecified atom stereocenters. The maximum absolute atomic E-state index is 6.20. The van der Waals surface area contributed by atoms with Crippen molar-refractivity contribution in [3.8, 4) is 17.1 Å². The predicted octanol–water partition coefficient (Wildman–Crippen LogP) is 3.98. The van der Waals surface area contributed by atoms with Crippen LogP contribution in [-0.4, -0.2) is 20.2 Å². The second-order valence-electron chi connectivity index (χ2n) is 4.28. The van der Waals surface area contributed by atoms with Gasteiger partial charge in [-0.15, -0.1) is 5.10 Å². The first kappa shape index (κ1) is 14.3. The Bertz CT molecular complexity index is 798. The molecule has 0 saturated carbocycles. The molecule has 0 amide bonds. The minimum absolute atomic E-state index is 0.496. The first-order valence-electron chi connectivity index (χ1n) is 5.85. The lowest BCUT2D eigenvalue weighted by atomic mass is 10.2. The van der Waals surface area contributed by atoms with Gasteiger partial charge in [-0.05, 0) is 46.8 Å². The molecular weight excluding hydrogens is 377 g/mol. The Labute approximate surface area is 138 Å². The van der Waals surface area contributed by atoms with Crippen LogP contribution in [0.3, 0.4) is 0 Å². The molecule has 21 heavy (non-hydrogen) atoms. The molecule has 0 atom stereocenters. The van der Waals surface area contributed by atoms with E-state index in [1.807, 2.05) is 6.07 Å². The van der Waals surface area contributed by atoms with Crippen molar-refractivity contribution < 1.29 is 0 Å². The summed E-state index contributed by atoms with van der Waals surface area (Å²) in [5.74, 6) is 0.521. The van der Waals surface area contributed by atoms with Gasteiger partial charge in [-0.1, -0.05) is 39.1 Å². The molecule has 0 fully saturated rings.